The lowest BCUT2D eigenvalue weighted by molar-refractivity contribution is 0.0269. The standard InChI is InChI=1S/C11H14N2O2/c12-9-5-2-1-4-8(9)11(14)15-10-6-3-7-13-10/h1-2,4-5,10,13H,3,6-7,12H2. The summed E-state index contributed by atoms with van der Waals surface area (Å²) in [4.78, 5) is 11.7. The molecule has 1 atom stereocenters. The van der Waals surface area contributed by atoms with E-state index in [1.165, 1.54) is 0 Å². The van der Waals surface area contributed by atoms with E-state index in [-0.39, 0.29) is 12.2 Å². The third kappa shape index (κ3) is 2.27. The fourth-order valence-corrected chi connectivity index (χ4v) is 1.63. The predicted octanol–water partition coefficient (Wildman–Crippen LogP) is 1.14. The molecule has 1 aliphatic heterocycles. The summed E-state index contributed by atoms with van der Waals surface area (Å²) >= 11 is 0. The topological polar surface area (TPSA) is 64.4 Å². The van der Waals surface area contributed by atoms with Crippen molar-refractivity contribution in [3.63, 3.8) is 0 Å². The molecule has 80 valence electrons. The highest BCUT2D eigenvalue weighted by molar-refractivity contribution is 5.95. The zero-order valence-corrected chi connectivity index (χ0v) is 8.40. The summed E-state index contributed by atoms with van der Waals surface area (Å²) in [6, 6.07) is 6.93. The highest BCUT2D eigenvalue weighted by atomic mass is 16.6. The van der Waals surface area contributed by atoms with Gasteiger partial charge in [-0.3, -0.25) is 5.32 Å². The number of carbonyl (C=O) groups excluding carboxylic acids is 1. The number of nitrogens with two attached hydrogens (primary N) is 1. The van der Waals surface area contributed by atoms with Gasteiger partial charge in [0.25, 0.3) is 0 Å². The summed E-state index contributed by atoms with van der Waals surface area (Å²) in [5.41, 5.74) is 6.57. The molecule has 0 bridgehead atoms. The van der Waals surface area contributed by atoms with Crippen LogP contribution in [0, 0.1) is 0 Å². The summed E-state index contributed by atoms with van der Waals surface area (Å²) in [6.07, 6.45) is 1.76. The van der Waals surface area contributed by atoms with Crippen LogP contribution in [0.5, 0.6) is 0 Å². The molecule has 1 aliphatic rings. The van der Waals surface area contributed by atoms with Crippen molar-refractivity contribution in [2.24, 2.45) is 0 Å². The molecule has 0 amide bonds. The minimum atomic E-state index is -0.354. The number of hydrogen-bond acceptors (Lipinski definition) is 4. The van der Waals surface area contributed by atoms with Crippen LogP contribution in [0.3, 0.4) is 0 Å². The first-order chi connectivity index (χ1) is 7.27. The van der Waals surface area contributed by atoms with Gasteiger partial charge in [0.15, 0.2) is 6.23 Å². The van der Waals surface area contributed by atoms with Crippen LogP contribution in [0.1, 0.15) is 23.2 Å². The molecule has 0 spiro atoms. The average Bonchev–Trinajstić information content (AvgIpc) is 2.71. The summed E-state index contributed by atoms with van der Waals surface area (Å²) < 4.78 is 5.25. The Morgan fingerprint density at radius 1 is 1.47 bits per heavy atom. The van der Waals surface area contributed by atoms with Gasteiger partial charge in [-0.25, -0.2) is 4.79 Å². The molecule has 15 heavy (non-hydrogen) atoms. The van der Waals surface area contributed by atoms with Gasteiger partial charge in [-0.15, -0.1) is 0 Å². The second kappa shape index (κ2) is 4.31. The first kappa shape index (κ1) is 9.98. The first-order valence-corrected chi connectivity index (χ1v) is 5.06. The molecule has 0 radical (unpaired) electrons. The molecule has 1 fully saturated rings. The Bertz CT molecular complexity index is 359. The van der Waals surface area contributed by atoms with Gasteiger partial charge in [0.1, 0.15) is 0 Å². The molecule has 1 unspecified atom stereocenters. The number of nitrogens with one attached hydrogen (secondary N) is 1. The number of anilines is 1. The lowest BCUT2D eigenvalue weighted by Crippen LogP contribution is -2.27. The van der Waals surface area contributed by atoms with Crippen LogP contribution in [0.15, 0.2) is 24.3 Å². The second-order valence-corrected chi connectivity index (χ2v) is 3.58. The fraction of sp³-hybridized carbons (Fsp3) is 0.364. The maximum absolute atomic E-state index is 11.7. The monoisotopic (exact) mass is 206 g/mol. The van der Waals surface area contributed by atoms with Crippen LogP contribution in [-0.4, -0.2) is 18.7 Å². The van der Waals surface area contributed by atoms with Gasteiger partial charge >= 0.3 is 5.97 Å². The fourth-order valence-electron chi connectivity index (χ4n) is 1.63. The first-order valence-electron chi connectivity index (χ1n) is 5.06. The van der Waals surface area contributed by atoms with Crippen LogP contribution in [0.4, 0.5) is 5.69 Å². The van der Waals surface area contributed by atoms with Crippen molar-refractivity contribution in [2.75, 3.05) is 12.3 Å². The molecule has 4 heteroatoms. The lowest BCUT2D eigenvalue weighted by Gasteiger charge is -2.12. The van der Waals surface area contributed by atoms with E-state index < -0.39 is 0 Å². The Hall–Kier alpha value is -1.55. The van der Waals surface area contributed by atoms with Crippen molar-refractivity contribution in [2.45, 2.75) is 19.1 Å². The summed E-state index contributed by atoms with van der Waals surface area (Å²) in [7, 11) is 0. The minimum Gasteiger partial charge on any atom is -0.443 e. The summed E-state index contributed by atoms with van der Waals surface area (Å²) in [6.45, 7) is 0.905. The molecular weight excluding hydrogens is 192 g/mol. The van der Waals surface area contributed by atoms with Crippen molar-refractivity contribution in [1.82, 2.24) is 5.32 Å². The number of hydrogen-bond donors (Lipinski definition) is 2. The van der Waals surface area contributed by atoms with Crippen molar-refractivity contribution in [1.29, 1.82) is 0 Å². The molecule has 4 nitrogen and oxygen atoms in total. The Morgan fingerprint density at radius 3 is 2.93 bits per heavy atom. The third-order valence-corrected chi connectivity index (χ3v) is 2.45. The summed E-state index contributed by atoms with van der Waals surface area (Å²) in [5, 5.41) is 3.09. The number of carbonyl (C=O) groups is 1. The van der Waals surface area contributed by atoms with Gasteiger partial charge in [0, 0.05) is 5.69 Å². The number of rotatable bonds is 2. The number of para-hydroxylation sites is 1. The average molecular weight is 206 g/mol. The number of esters is 1. The normalized spacial score (nSPS) is 20.1. The van der Waals surface area contributed by atoms with Crippen molar-refractivity contribution in [3.05, 3.63) is 29.8 Å². The van der Waals surface area contributed by atoms with Gasteiger partial charge in [0.2, 0.25) is 0 Å². The van der Waals surface area contributed by atoms with Gasteiger partial charge in [-0.2, -0.15) is 0 Å². The van der Waals surface area contributed by atoms with Crippen molar-refractivity contribution >= 4 is 11.7 Å². The second-order valence-electron chi connectivity index (χ2n) is 3.58. The summed E-state index contributed by atoms with van der Waals surface area (Å²) in [5.74, 6) is -0.354. The van der Waals surface area contributed by atoms with Gasteiger partial charge < -0.3 is 10.5 Å². The molecule has 1 heterocycles. The Kier molecular flexibility index (Phi) is 2.87. The van der Waals surface area contributed by atoms with Crippen LogP contribution in [0.25, 0.3) is 0 Å². The molecule has 0 saturated carbocycles. The molecular formula is C11H14N2O2. The molecule has 0 aliphatic carbocycles. The van der Waals surface area contributed by atoms with Crippen LogP contribution < -0.4 is 11.1 Å². The quantitative estimate of drug-likeness (QED) is 0.562. The number of benzene rings is 1. The SMILES string of the molecule is Nc1ccccc1C(=O)OC1CCCN1. The van der Waals surface area contributed by atoms with Gasteiger partial charge in [0.05, 0.1) is 5.56 Å². The van der Waals surface area contributed by atoms with Crippen LogP contribution in [-0.2, 0) is 4.74 Å². The van der Waals surface area contributed by atoms with E-state index in [0.717, 1.165) is 19.4 Å². The van der Waals surface area contributed by atoms with Crippen LogP contribution in [0.2, 0.25) is 0 Å². The van der Waals surface area contributed by atoms with Crippen LogP contribution >= 0.6 is 0 Å². The maximum atomic E-state index is 11.7. The Morgan fingerprint density at radius 2 is 2.27 bits per heavy atom. The van der Waals surface area contributed by atoms with Gasteiger partial charge in [-0.05, 0) is 31.5 Å². The Labute approximate surface area is 88.4 Å². The molecule has 1 aromatic carbocycles. The van der Waals surface area contributed by atoms with Crippen molar-refractivity contribution in [3.8, 4) is 0 Å². The smallest absolute Gasteiger partial charge is 0.341 e. The molecule has 2 rings (SSSR count). The lowest BCUT2D eigenvalue weighted by atomic mass is 10.2. The Balaban J connectivity index is 2.04. The van der Waals surface area contributed by atoms with E-state index in [2.05, 4.69) is 5.32 Å². The molecule has 3 N–H and O–H groups in total. The number of nitrogen functional groups attached to an aromatic ring is 1. The van der Waals surface area contributed by atoms with E-state index in [9.17, 15) is 4.79 Å². The van der Waals surface area contributed by atoms with E-state index in [4.69, 9.17) is 10.5 Å². The van der Waals surface area contributed by atoms with E-state index in [1.807, 2.05) is 0 Å². The zero-order chi connectivity index (χ0) is 10.7. The van der Waals surface area contributed by atoms with Gasteiger partial charge in [-0.1, -0.05) is 12.1 Å². The highest BCUT2D eigenvalue weighted by Gasteiger charge is 2.20. The maximum Gasteiger partial charge on any atom is 0.341 e. The molecule has 1 aromatic rings. The molecule has 1 saturated heterocycles. The predicted molar refractivity (Wildman–Crippen MR) is 57.3 cm³/mol. The van der Waals surface area contributed by atoms with E-state index >= 15 is 0 Å². The van der Waals surface area contributed by atoms with Crippen molar-refractivity contribution < 1.29 is 9.53 Å². The molecule has 0 aromatic heterocycles. The largest absolute Gasteiger partial charge is 0.443 e. The van der Waals surface area contributed by atoms with E-state index in [0.29, 0.717) is 11.3 Å². The number of ether oxygens (including phenoxy) is 1. The van der Waals surface area contributed by atoms with E-state index in [1.54, 1.807) is 24.3 Å². The zero-order valence-electron chi connectivity index (χ0n) is 8.40. The minimum absolute atomic E-state index is 0.155. The highest BCUT2D eigenvalue weighted by Crippen LogP contribution is 2.14. The third-order valence-electron chi connectivity index (χ3n) is 2.45.